The number of unbranched alkanes of at least 4 members (excludes halogenated alkanes) is 13. The van der Waals surface area contributed by atoms with Gasteiger partial charge >= 0.3 is 13.8 Å². The number of esters is 1. The van der Waals surface area contributed by atoms with Crippen LogP contribution in [0.2, 0.25) is 0 Å². The highest BCUT2D eigenvalue weighted by atomic mass is 31.2. The van der Waals surface area contributed by atoms with E-state index in [1.807, 2.05) is 14.1 Å². The molecule has 9 heteroatoms. The van der Waals surface area contributed by atoms with Crippen LogP contribution in [0.5, 0.6) is 0 Å². The summed E-state index contributed by atoms with van der Waals surface area (Å²) < 4.78 is 34.5. The van der Waals surface area contributed by atoms with Gasteiger partial charge in [0.2, 0.25) is 0 Å². The number of phosphoric ester groups is 1. The smallest absolute Gasteiger partial charge is 0.338 e. The molecule has 1 aromatic rings. The Morgan fingerprint density at radius 3 is 2.02 bits per heavy atom. The molecule has 0 saturated carbocycles. The molecule has 2 unspecified atom stereocenters. The van der Waals surface area contributed by atoms with Gasteiger partial charge in [-0.2, -0.15) is 0 Å². The second-order valence-electron chi connectivity index (χ2n) is 12.0. The first kappa shape index (κ1) is 36.5. The number of carbonyl (C=O) groups excluding carboxylic acids is 1. The van der Waals surface area contributed by atoms with Crippen LogP contribution in [0.4, 0.5) is 0 Å². The molecule has 8 nitrogen and oxygen atoms in total. The van der Waals surface area contributed by atoms with Crippen molar-refractivity contribution in [2.75, 3.05) is 40.5 Å². The zero-order valence-corrected chi connectivity index (χ0v) is 27.3. The number of ether oxygens (including phenoxy) is 2. The van der Waals surface area contributed by atoms with Gasteiger partial charge in [-0.15, -0.1) is 0 Å². The minimum Gasteiger partial charge on any atom is -0.746 e. The molecule has 0 N–H and O–H groups in total. The molecule has 1 heterocycles. The Labute approximate surface area is 255 Å². The molecule has 2 rings (SSSR count). The molecule has 0 aliphatic carbocycles. The average Bonchev–Trinajstić information content (AvgIpc) is 3.32. The highest BCUT2D eigenvalue weighted by Crippen LogP contribution is 2.40. The summed E-state index contributed by atoms with van der Waals surface area (Å²) >= 11 is 0. The molecule has 1 aliphatic heterocycles. The average molecular weight is 610 g/mol. The molecule has 2 atom stereocenters. The minimum atomic E-state index is -4.63. The number of nitrogens with zero attached hydrogens (tertiary/aromatic N) is 1. The molecule has 1 aromatic carbocycles. The van der Waals surface area contributed by atoms with Crippen molar-refractivity contribution < 1.29 is 37.3 Å². The van der Waals surface area contributed by atoms with E-state index in [0.29, 0.717) is 16.7 Å². The Hall–Kier alpha value is -1.70. The summed E-state index contributed by atoms with van der Waals surface area (Å²) in [6, 6.07) is 8.58. The van der Waals surface area contributed by atoms with Crippen LogP contribution >= 0.6 is 7.82 Å². The van der Waals surface area contributed by atoms with Crippen molar-refractivity contribution in [2.24, 2.45) is 0 Å². The van der Waals surface area contributed by atoms with Crippen LogP contribution in [-0.2, 0) is 23.1 Å². The fourth-order valence-electron chi connectivity index (χ4n) is 5.16. The number of benzene rings is 1. The van der Waals surface area contributed by atoms with E-state index in [9.17, 15) is 14.3 Å². The van der Waals surface area contributed by atoms with Crippen LogP contribution in [0.15, 0.2) is 42.3 Å². The van der Waals surface area contributed by atoms with Crippen molar-refractivity contribution in [3.8, 4) is 0 Å². The van der Waals surface area contributed by atoms with E-state index < -0.39 is 19.9 Å². The predicted octanol–water partition coefficient (Wildman–Crippen LogP) is 7.92. The summed E-state index contributed by atoms with van der Waals surface area (Å²) in [5.74, 6) is -0.557. The summed E-state index contributed by atoms with van der Waals surface area (Å²) in [5, 5.41) is 0. The first-order chi connectivity index (χ1) is 20.2. The van der Waals surface area contributed by atoms with E-state index in [0.717, 1.165) is 37.9 Å². The van der Waals surface area contributed by atoms with E-state index >= 15 is 0 Å². The number of rotatable bonds is 24. The Morgan fingerprint density at radius 2 is 1.48 bits per heavy atom. The van der Waals surface area contributed by atoms with Crippen LogP contribution in [0.25, 0.3) is 0 Å². The molecule has 0 amide bonds. The fourth-order valence-corrected chi connectivity index (χ4v) is 5.82. The molecular formula is C33H56NO7P. The third-order valence-corrected chi connectivity index (χ3v) is 8.72. The summed E-state index contributed by atoms with van der Waals surface area (Å²) in [6.07, 6.45) is 20.1. The predicted molar refractivity (Wildman–Crippen MR) is 166 cm³/mol. The molecule has 0 radical (unpaired) electrons. The quantitative estimate of drug-likeness (QED) is 0.0386. The Balaban J connectivity index is 1.65. The van der Waals surface area contributed by atoms with Gasteiger partial charge in [-0.25, -0.2) is 4.79 Å². The molecule has 240 valence electrons. The summed E-state index contributed by atoms with van der Waals surface area (Å²) in [6.45, 7) is 3.37. The monoisotopic (exact) mass is 609 g/mol. The van der Waals surface area contributed by atoms with Gasteiger partial charge in [0.15, 0.2) is 0 Å². The summed E-state index contributed by atoms with van der Waals surface area (Å²) in [5.41, 5.74) is 1.26. The molecule has 42 heavy (non-hydrogen) atoms. The lowest BCUT2D eigenvalue weighted by molar-refractivity contribution is -0.843. The topological polar surface area (TPSA) is 94.1 Å². The third kappa shape index (κ3) is 16.2. The number of hydrogen-bond donors (Lipinski definition) is 0. The molecular weight excluding hydrogens is 553 g/mol. The number of likely N-dealkylation sites (tertiary alicyclic amines) is 1. The third-order valence-electron chi connectivity index (χ3n) is 7.89. The molecule has 0 bridgehead atoms. The van der Waals surface area contributed by atoms with Gasteiger partial charge in [0.25, 0.3) is 0 Å². The standard InChI is InChI=1S/C33H56NO7P/c1-4-5-6-7-8-9-10-11-12-13-14-15-16-20-26-38-28-32(41-33(35)30-22-18-17-19-23-30)29-40-42(36,37)39-27-31-24-21-25-34(31,2)3/h17-19,22-23,27,32H,4-16,20-21,24-26,28-29H2,1-3H3. The first-order valence-corrected chi connectivity index (χ1v) is 17.7. The van der Waals surface area contributed by atoms with Crippen LogP contribution < -0.4 is 4.89 Å². The Bertz CT molecular complexity index is 938. The molecule has 1 saturated heterocycles. The van der Waals surface area contributed by atoms with Gasteiger partial charge in [0.1, 0.15) is 18.1 Å². The van der Waals surface area contributed by atoms with Crippen molar-refractivity contribution in [2.45, 2.75) is 116 Å². The fraction of sp³-hybridized carbons (Fsp3) is 0.727. The second-order valence-corrected chi connectivity index (χ2v) is 13.4. The van der Waals surface area contributed by atoms with Gasteiger partial charge in [-0.3, -0.25) is 9.05 Å². The second kappa shape index (κ2) is 21.1. The van der Waals surface area contributed by atoms with E-state index in [1.54, 1.807) is 30.3 Å². The maximum atomic E-state index is 12.6. The summed E-state index contributed by atoms with van der Waals surface area (Å²) in [4.78, 5) is 25.0. The van der Waals surface area contributed by atoms with Crippen LogP contribution in [0.3, 0.4) is 0 Å². The molecule has 0 spiro atoms. The molecule has 1 fully saturated rings. The van der Waals surface area contributed by atoms with Gasteiger partial charge in [-0.1, -0.05) is 109 Å². The summed E-state index contributed by atoms with van der Waals surface area (Å²) in [7, 11) is -0.616. The van der Waals surface area contributed by atoms with Gasteiger partial charge in [0.05, 0.1) is 39.4 Å². The normalized spacial score (nSPS) is 17.7. The number of allylic oxidation sites excluding steroid dienone is 1. The lowest BCUT2D eigenvalue weighted by Crippen LogP contribution is -2.34. The zero-order chi connectivity index (χ0) is 30.5. The van der Waals surface area contributed by atoms with Crippen molar-refractivity contribution in [1.82, 2.24) is 0 Å². The van der Waals surface area contributed by atoms with Crippen molar-refractivity contribution in [1.29, 1.82) is 0 Å². The largest absolute Gasteiger partial charge is 0.746 e. The van der Waals surface area contributed by atoms with E-state index in [2.05, 4.69) is 6.92 Å². The van der Waals surface area contributed by atoms with Gasteiger partial charge < -0.3 is 23.4 Å². The van der Waals surface area contributed by atoms with E-state index in [-0.39, 0.29) is 13.2 Å². The molecule has 1 aliphatic rings. The van der Waals surface area contributed by atoms with E-state index in [1.165, 1.54) is 83.3 Å². The maximum absolute atomic E-state index is 12.6. The Morgan fingerprint density at radius 1 is 0.905 bits per heavy atom. The van der Waals surface area contributed by atoms with Gasteiger partial charge in [-0.05, 0) is 18.6 Å². The van der Waals surface area contributed by atoms with E-state index in [4.69, 9.17) is 18.5 Å². The van der Waals surface area contributed by atoms with Crippen LogP contribution in [0, 0.1) is 0 Å². The maximum Gasteiger partial charge on any atom is 0.338 e. The van der Waals surface area contributed by atoms with Crippen LogP contribution in [-0.4, -0.2) is 57.0 Å². The van der Waals surface area contributed by atoms with Gasteiger partial charge in [0, 0.05) is 19.4 Å². The zero-order valence-electron chi connectivity index (χ0n) is 26.4. The van der Waals surface area contributed by atoms with Crippen molar-refractivity contribution >= 4 is 13.8 Å². The van der Waals surface area contributed by atoms with Crippen molar-refractivity contribution in [3.05, 3.63) is 47.9 Å². The van der Waals surface area contributed by atoms with Crippen molar-refractivity contribution in [3.63, 3.8) is 0 Å². The lowest BCUT2D eigenvalue weighted by atomic mass is 10.0. The highest BCUT2D eigenvalue weighted by Gasteiger charge is 2.30. The highest BCUT2D eigenvalue weighted by molar-refractivity contribution is 7.46. The minimum absolute atomic E-state index is 0.0437. The number of phosphoric acid groups is 1. The lowest BCUT2D eigenvalue weighted by Gasteiger charge is -2.27. The first-order valence-electron chi connectivity index (χ1n) is 16.2. The number of carbonyl (C=O) groups is 1. The van der Waals surface area contributed by atoms with Crippen LogP contribution in [0.1, 0.15) is 120 Å². The Kier molecular flexibility index (Phi) is 18.3. The molecule has 0 aromatic heterocycles. The SMILES string of the molecule is CCCCCCCCCCCCCCCCOCC(COP(=O)([O-])OC=C1CCC[N+]1(C)C)OC(=O)c1ccccc1. The number of hydrogen-bond acceptors (Lipinski definition) is 7. The number of quaternary nitrogens is 1.